The Balaban J connectivity index is 1.47. The summed E-state index contributed by atoms with van der Waals surface area (Å²) in [5, 5.41) is 5.47. The molecule has 0 radical (unpaired) electrons. The van der Waals surface area contributed by atoms with Gasteiger partial charge < -0.3 is 15.4 Å². The average molecular weight is 379 g/mol. The molecule has 0 aliphatic carbocycles. The van der Waals surface area contributed by atoms with Crippen molar-refractivity contribution in [3.8, 4) is 5.75 Å². The predicted molar refractivity (Wildman–Crippen MR) is 104 cm³/mol. The number of hydrogen-bond acceptors (Lipinski definition) is 4. The van der Waals surface area contributed by atoms with E-state index in [0.717, 1.165) is 22.6 Å². The van der Waals surface area contributed by atoms with Gasteiger partial charge in [0, 0.05) is 18.7 Å². The lowest BCUT2D eigenvalue weighted by atomic mass is 10.00. The minimum atomic E-state index is -0.584. The van der Waals surface area contributed by atoms with Gasteiger partial charge in [0.25, 0.3) is 5.91 Å². The summed E-state index contributed by atoms with van der Waals surface area (Å²) in [6.45, 7) is 2.37. The zero-order valence-electron chi connectivity index (χ0n) is 15.5. The fraction of sp³-hybridized carbons (Fsp3) is 0.286. The molecule has 2 aliphatic rings. The number of aryl methyl sites for hydroxylation is 2. The van der Waals surface area contributed by atoms with Gasteiger partial charge in [-0.3, -0.25) is 9.59 Å². The highest BCUT2D eigenvalue weighted by atomic mass is 16.5. The van der Waals surface area contributed by atoms with E-state index in [0.29, 0.717) is 24.3 Å². The van der Waals surface area contributed by atoms with Crippen molar-refractivity contribution in [2.75, 3.05) is 16.8 Å². The van der Waals surface area contributed by atoms with E-state index in [1.165, 1.54) is 5.56 Å². The first-order valence-corrected chi connectivity index (χ1v) is 9.29. The molecular weight excluding hydrogens is 358 g/mol. The van der Waals surface area contributed by atoms with Crippen molar-refractivity contribution in [3.63, 3.8) is 0 Å². The van der Waals surface area contributed by atoms with Crippen molar-refractivity contribution in [1.29, 1.82) is 0 Å². The van der Waals surface area contributed by atoms with Crippen molar-refractivity contribution in [3.05, 3.63) is 53.6 Å². The van der Waals surface area contributed by atoms with Crippen molar-refractivity contribution in [1.82, 2.24) is 5.32 Å². The molecule has 0 bridgehead atoms. The Bertz CT molecular complexity index is 940. The summed E-state index contributed by atoms with van der Waals surface area (Å²) in [5.74, 6) is 0.217. The lowest BCUT2D eigenvalue weighted by Crippen LogP contribution is -2.50. The molecule has 4 amide bonds. The average Bonchev–Trinajstić information content (AvgIpc) is 2.67. The first kappa shape index (κ1) is 18.0. The van der Waals surface area contributed by atoms with E-state index in [2.05, 4.69) is 16.7 Å². The lowest BCUT2D eigenvalue weighted by Gasteiger charge is -2.27. The quantitative estimate of drug-likeness (QED) is 0.858. The molecule has 1 saturated heterocycles. The van der Waals surface area contributed by atoms with Crippen LogP contribution in [0.3, 0.4) is 0 Å². The van der Waals surface area contributed by atoms with Gasteiger partial charge >= 0.3 is 6.03 Å². The number of imide groups is 1. The van der Waals surface area contributed by atoms with Crippen molar-refractivity contribution in [2.24, 2.45) is 0 Å². The van der Waals surface area contributed by atoms with Crippen LogP contribution in [0.5, 0.6) is 5.75 Å². The Hall–Kier alpha value is -3.35. The number of urea groups is 1. The number of ether oxygens (including phenoxy) is 1. The van der Waals surface area contributed by atoms with Gasteiger partial charge in [-0.2, -0.15) is 0 Å². The molecule has 2 aromatic rings. The number of anilines is 2. The fourth-order valence-corrected chi connectivity index (χ4v) is 3.49. The second kappa shape index (κ2) is 7.34. The maximum atomic E-state index is 12.7. The number of carbonyl (C=O) groups excluding carboxylic acids is 3. The zero-order valence-corrected chi connectivity index (χ0v) is 15.5. The van der Waals surface area contributed by atoms with E-state index in [1.54, 1.807) is 24.3 Å². The number of hydrogen-bond donors (Lipinski definition) is 2. The number of benzene rings is 2. The van der Waals surface area contributed by atoms with E-state index < -0.39 is 12.1 Å². The molecule has 1 fully saturated rings. The maximum Gasteiger partial charge on any atom is 0.328 e. The van der Waals surface area contributed by atoms with Crippen LogP contribution < -0.4 is 20.3 Å². The second-order valence-corrected chi connectivity index (χ2v) is 7.01. The van der Waals surface area contributed by atoms with Gasteiger partial charge in [0.15, 0.2) is 6.10 Å². The molecular formula is C21H21N3O4. The third-order valence-corrected chi connectivity index (χ3v) is 4.89. The summed E-state index contributed by atoms with van der Waals surface area (Å²) in [4.78, 5) is 37.9. The summed E-state index contributed by atoms with van der Waals surface area (Å²) in [6.07, 6.45) is 1.03. The van der Waals surface area contributed by atoms with Crippen LogP contribution in [0.4, 0.5) is 16.2 Å². The number of amides is 4. The molecule has 2 N–H and O–H groups in total. The van der Waals surface area contributed by atoms with Crippen LogP contribution in [0.1, 0.15) is 24.0 Å². The Morgan fingerprint density at radius 2 is 2.04 bits per heavy atom. The maximum absolute atomic E-state index is 12.7. The smallest absolute Gasteiger partial charge is 0.328 e. The van der Waals surface area contributed by atoms with Crippen LogP contribution in [0.2, 0.25) is 0 Å². The van der Waals surface area contributed by atoms with Gasteiger partial charge in [-0.1, -0.05) is 23.8 Å². The number of fused-ring (bicyclic) bond motifs is 1. The van der Waals surface area contributed by atoms with E-state index in [9.17, 15) is 14.4 Å². The largest absolute Gasteiger partial charge is 0.480 e. The number of carbonyl (C=O) groups is 3. The Labute approximate surface area is 162 Å². The second-order valence-electron chi connectivity index (χ2n) is 7.01. The molecule has 7 heteroatoms. The van der Waals surface area contributed by atoms with Crippen molar-refractivity contribution < 1.29 is 19.1 Å². The Kier molecular flexibility index (Phi) is 4.73. The molecule has 1 unspecified atom stereocenters. The van der Waals surface area contributed by atoms with Gasteiger partial charge in [0.1, 0.15) is 5.75 Å². The summed E-state index contributed by atoms with van der Waals surface area (Å²) in [7, 11) is 0. The van der Waals surface area contributed by atoms with Gasteiger partial charge in [-0.15, -0.1) is 0 Å². The van der Waals surface area contributed by atoms with E-state index >= 15 is 0 Å². The van der Waals surface area contributed by atoms with Crippen molar-refractivity contribution >= 4 is 29.2 Å². The standard InChI is InChI=1S/C21H21N3O4/c1-13-5-7-17-14(11-13)6-8-18(28-17)20(26)23-15-3-2-4-16(12-15)24-19(25)9-10-22-21(24)27/h2-5,7,11-12,18H,6,8-10H2,1H3,(H,22,27)(H,23,26). The third kappa shape index (κ3) is 3.55. The molecule has 0 aromatic heterocycles. The third-order valence-electron chi connectivity index (χ3n) is 4.89. The van der Waals surface area contributed by atoms with Gasteiger partial charge in [-0.05, 0) is 49.6 Å². The molecule has 144 valence electrons. The van der Waals surface area contributed by atoms with Crippen LogP contribution in [0, 0.1) is 6.92 Å². The van der Waals surface area contributed by atoms with Crippen LogP contribution in [-0.2, 0) is 16.0 Å². The van der Waals surface area contributed by atoms with E-state index in [4.69, 9.17) is 4.74 Å². The molecule has 4 rings (SSSR count). The minimum Gasteiger partial charge on any atom is -0.480 e. The SMILES string of the molecule is Cc1ccc2c(c1)CCC(C(=O)Nc1cccc(N3C(=O)CCNC3=O)c1)O2. The minimum absolute atomic E-state index is 0.247. The number of nitrogens with one attached hydrogen (secondary N) is 2. The van der Waals surface area contributed by atoms with Crippen molar-refractivity contribution in [2.45, 2.75) is 32.3 Å². The predicted octanol–water partition coefficient (Wildman–Crippen LogP) is 2.77. The van der Waals surface area contributed by atoms with E-state index in [-0.39, 0.29) is 18.2 Å². The first-order valence-electron chi connectivity index (χ1n) is 9.29. The topological polar surface area (TPSA) is 87.7 Å². The van der Waals surface area contributed by atoms with E-state index in [1.807, 2.05) is 19.1 Å². The molecule has 2 aromatic carbocycles. The van der Waals surface area contributed by atoms with Gasteiger partial charge in [-0.25, -0.2) is 9.69 Å². The highest BCUT2D eigenvalue weighted by Crippen LogP contribution is 2.29. The molecule has 28 heavy (non-hydrogen) atoms. The van der Waals surface area contributed by atoms with Crippen LogP contribution in [0.15, 0.2) is 42.5 Å². The highest BCUT2D eigenvalue weighted by molar-refractivity contribution is 6.16. The van der Waals surface area contributed by atoms with Crippen LogP contribution in [-0.4, -0.2) is 30.5 Å². The summed E-state index contributed by atoms with van der Waals surface area (Å²) < 4.78 is 5.86. The molecule has 7 nitrogen and oxygen atoms in total. The summed E-state index contributed by atoms with van der Waals surface area (Å²) in [5.41, 5.74) is 3.20. The fourth-order valence-electron chi connectivity index (χ4n) is 3.49. The summed E-state index contributed by atoms with van der Waals surface area (Å²) >= 11 is 0. The normalized spacial score (nSPS) is 18.8. The number of nitrogens with zero attached hydrogens (tertiary/aromatic N) is 1. The highest BCUT2D eigenvalue weighted by Gasteiger charge is 2.29. The molecule has 0 spiro atoms. The lowest BCUT2D eigenvalue weighted by molar-refractivity contribution is -0.123. The zero-order chi connectivity index (χ0) is 19.7. The van der Waals surface area contributed by atoms with Crippen LogP contribution in [0.25, 0.3) is 0 Å². The Morgan fingerprint density at radius 3 is 2.86 bits per heavy atom. The number of rotatable bonds is 3. The molecule has 2 heterocycles. The molecule has 0 saturated carbocycles. The van der Waals surface area contributed by atoms with Gasteiger partial charge in [0.2, 0.25) is 5.91 Å². The molecule has 1 atom stereocenters. The van der Waals surface area contributed by atoms with Crippen LogP contribution >= 0.6 is 0 Å². The first-order chi connectivity index (χ1) is 13.5. The van der Waals surface area contributed by atoms with Gasteiger partial charge in [0.05, 0.1) is 5.69 Å². The monoisotopic (exact) mass is 379 g/mol. The summed E-state index contributed by atoms with van der Waals surface area (Å²) in [6, 6.07) is 12.2. The molecule has 2 aliphatic heterocycles. The Morgan fingerprint density at radius 1 is 1.18 bits per heavy atom.